The zero-order valence-electron chi connectivity index (χ0n) is 14.0. The Balaban J connectivity index is 1.90. The van der Waals surface area contributed by atoms with Gasteiger partial charge in [0.05, 0.1) is 11.9 Å². The fourth-order valence-electron chi connectivity index (χ4n) is 2.84. The number of rotatable bonds is 2. The number of imidazole rings is 1. The van der Waals surface area contributed by atoms with Gasteiger partial charge in [0.2, 0.25) is 5.91 Å². The summed E-state index contributed by atoms with van der Waals surface area (Å²) in [4.78, 5) is 23.1. The highest BCUT2D eigenvalue weighted by Crippen LogP contribution is 2.36. The molecule has 0 aliphatic carbocycles. The van der Waals surface area contributed by atoms with Gasteiger partial charge in [-0.25, -0.2) is 4.98 Å². The van der Waals surface area contributed by atoms with Crippen LogP contribution >= 0.6 is 11.6 Å². The molecule has 7 nitrogen and oxygen atoms in total. The number of fused-ring (bicyclic) bond motifs is 3. The largest absolute Gasteiger partial charge is 0.332 e. The molecule has 8 heteroatoms. The fraction of sp³-hybridized carbons (Fsp3) is 0.294. The number of halogens is 1. The normalized spacial score (nSPS) is 13.8. The van der Waals surface area contributed by atoms with Gasteiger partial charge < -0.3 is 14.0 Å². The predicted octanol–water partition coefficient (Wildman–Crippen LogP) is 3.35. The van der Waals surface area contributed by atoms with Crippen molar-refractivity contribution < 1.29 is 9.32 Å². The minimum Gasteiger partial charge on any atom is -0.332 e. The summed E-state index contributed by atoms with van der Waals surface area (Å²) >= 11 is 6.11. The van der Waals surface area contributed by atoms with Crippen LogP contribution in [0.5, 0.6) is 0 Å². The van der Waals surface area contributed by atoms with Crippen molar-refractivity contribution in [1.82, 2.24) is 19.7 Å². The third-order valence-corrected chi connectivity index (χ3v) is 4.50. The lowest BCUT2D eigenvalue weighted by molar-refractivity contribution is -0.118. The highest BCUT2D eigenvalue weighted by atomic mass is 35.5. The number of amides is 1. The average Bonchev–Trinajstić information content (AvgIpc) is 3.19. The Bertz CT molecular complexity index is 975. The summed E-state index contributed by atoms with van der Waals surface area (Å²) in [7, 11) is 1.73. The van der Waals surface area contributed by atoms with E-state index in [-0.39, 0.29) is 18.4 Å². The van der Waals surface area contributed by atoms with Crippen molar-refractivity contribution in [3.63, 3.8) is 0 Å². The lowest BCUT2D eigenvalue weighted by Crippen LogP contribution is -2.28. The van der Waals surface area contributed by atoms with Crippen molar-refractivity contribution in [1.29, 1.82) is 0 Å². The zero-order valence-corrected chi connectivity index (χ0v) is 14.8. The van der Waals surface area contributed by atoms with Crippen LogP contribution in [0.4, 0.5) is 5.69 Å². The molecule has 4 rings (SSSR count). The van der Waals surface area contributed by atoms with Crippen LogP contribution in [-0.4, -0.2) is 32.6 Å². The first-order valence-electron chi connectivity index (χ1n) is 7.91. The van der Waals surface area contributed by atoms with Gasteiger partial charge in [-0.3, -0.25) is 4.79 Å². The van der Waals surface area contributed by atoms with E-state index in [0.717, 1.165) is 11.3 Å². The molecule has 3 aromatic rings. The number of anilines is 1. The van der Waals surface area contributed by atoms with Gasteiger partial charge in [-0.1, -0.05) is 30.6 Å². The molecule has 0 fully saturated rings. The number of carbonyl (C=O) groups excluding carboxylic acids is 1. The molecule has 0 atom stereocenters. The first-order chi connectivity index (χ1) is 12.0. The van der Waals surface area contributed by atoms with Gasteiger partial charge in [0, 0.05) is 23.6 Å². The molecule has 1 amide bonds. The first kappa shape index (κ1) is 15.8. The van der Waals surface area contributed by atoms with Crippen molar-refractivity contribution in [2.24, 2.45) is 0 Å². The summed E-state index contributed by atoms with van der Waals surface area (Å²) < 4.78 is 7.18. The van der Waals surface area contributed by atoms with Crippen LogP contribution in [0.1, 0.15) is 25.6 Å². The van der Waals surface area contributed by atoms with Crippen molar-refractivity contribution in [2.45, 2.75) is 26.3 Å². The van der Waals surface area contributed by atoms with Crippen LogP contribution in [0, 0.1) is 0 Å². The maximum absolute atomic E-state index is 12.6. The smallest absolute Gasteiger partial charge is 0.276 e. The molecule has 0 unspecified atom stereocenters. The minimum absolute atomic E-state index is 0.0786. The van der Waals surface area contributed by atoms with Gasteiger partial charge in [-0.05, 0) is 18.2 Å². The number of hydrogen-bond donors (Lipinski definition) is 0. The monoisotopic (exact) mass is 357 g/mol. The Morgan fingerprint density at radius 3 is 2.84 bits per heavy atom. The summed E-state index contributed by atoms with van der Waals surface area (Å²) in [5.74, 6) is 1.72. The minimum atomic E-state index is -0.0786. The maximum atomic E-state index is 12.6. The highest BCUT2D eigenvalue weighted by Gasteiger charge is 2.28. The van der Waals surface area contributed by atoms with Crippen molar-refractivity contribution in [3.8, 4) is 23.0 Å². The molecule has 128 valence electrons. The summed E-state index contributed by atoms with van der Waals surface area (Å²) in [6.07, 6.45) is 1.66. The molecule has 0 saturated carbocycles. The average molecular weight is 358 g/mol. The molecule has 0 radical (unpaired) electrons. The molecule has 2 aromatic heterocycles. The van der Waals surface area contributed by atoms with Gasteiger partial charge in [-0.2, -0.15) is 4.98 Å². The molecule has 1 aliphatic heterocycles. The van der Waals surface area contributed by atoms with E-state index in [1.54, 1.807) is 34.8 Å². The first-order valence-corrected chi connectivity index (χ1v) is 8.29. The molecular formula is C17H16ClN5O2. The lowest BCUT2D eigenvalue weighted by atomic mass is 10.1. The van der Waals surface area contributed by atoms with Crippen LogP contribution in [0.25, 0.3) is 23.0 Å². The second-order valence-electron chi connectivity index (χ2n) is 6.28. The van der Waals surface area contributed by atoms with Gasteiger partial charge in [-0.15, -0.1) is 0 Å². The molecule has 0 spiro atoms. The third kappa shape index (κ3) is 2.51. The predicted molar refractivity (Wildman–Crippen MR) is 93.5 cm³/mol. The van der Waals surface area contributed by atoms with Gasteiger partial charge in [0.1, 0.15) is 18.1 Å². The van der Waals surface area contributed by atoms with E-state index in [9.17, 15) is 4.79 Å². The van der Waals surface area contributed by atoms with E-state index in [2.05, 4.69) is 15.1 Å². The third-order valence-electron chi connectivity index (χ3n) is 4.26. The summed E-state index contributed by atoms with van der Waals surface area (Å²) in [6, 6.07) is 5.41. The van der Waals surface area contributed by atoms with E-state index >= 15 is 0 Å². The topological polar surface area (TPSA) is 77.0 Å². The molecular weight excluding hydrogens is 342 g/mol. The molecule has 0 saturated heterocycles. The summed E-state index contributed by atoms with van der Waals surface area (Å²) in [5.41, 5.74) is 2.17. The maximum Gasteiger partial charge on any atom is 0.276 e. The number of benzene rings is 1. The van der Waals surface area contributed by atoms with Crippen LogP contribution in [0.3, 0.4) is 0 Å². The van der Waals surface area contributed by atoms with Gasteiger partial charge in [0.25, 0.3) is 5.89 Å². The molecule has 1 aromatic carbocycles. The van der Waals surface area contributed by atoms with E-state index < -0.39 is 0 Å². The van der Waals surface area contributed by atoms with Crippen LogP contribution in [-0.2, 0) is 11.3 Å². The Labute approximate surface area is 149 Å². The number of hydrogen-bond acceptors (Lipinski definition) is 5. The van der Waals surface area contributed by atoms with Crippen LogP contribution in [0.2, 0.25) is 5.02 Å². The Morgan fingerprint density at radius 2 is 2.12 bits per heavy atom. The van der Waals surface area contributed by atoms with Crippen LogP contribution in [0.15, 0.2) is 28.9 Å². The lowest BCUT2D eigenvalue weighted by Gasteiger charge is -2.17. The molecule has 3 heterocycles. The molecule has 0 N–H and O–H groups in total. The van der Waals surface area contributed by atoms with Crippen molar-refractivity contribution in [3.05, 3.63) is 35.2 Å². The van der Waals surface area contributed by atoms with Crippen LogP contribution < -0.4 is 4.90 Å². The van der Waals surface area contributed by atoms with Crippen molar-refractivity contribution >= 4 is 23.2 Å². The highest BCUT2D eigenvalue weighted by molar-refractivity contribution is 6.31. The second kappa shape index (κ2) is 5.70. The SMILES string of the molecule is CC(C)c1noc(-c2cnc3n2CC(=O)N(C)c2cc(Cl)ccc2-3)n1. The quantitative estimate of drug-likeness (QED) is 0.702. The number of nitrogens with zero attached hydrogens (tertiary/aromatic N) is 5. The van der Waals surface area contributed by atoms with E-state index in [1.165, 1.54) is 0 Å². The summed E-state index contributed by atoms with van der Waals surface area (Å²) in [5, 5.41) is 4.56. The molecule has 0 bridgehead atoms. The number of likely N-dealkylation sites (N-methyl/N-ethyl adjacent to an activating group) is 1. The van der Waals surface area contributed by atoms with E-state index in [1.807, 2.05) is 19.9 Å². The Kier molecular flexibility index (Phi) is 3.61. The fourth-order valence-corrected chi connectivity index (χ4v) is 3.01. The molecule has 1 aliphatic rings. The Morgan fingerprint density at radius 1 is 1.32 bits per heavy atom. The van der Waals surface area contributed by atoms with Crippen molar-refractivity contribution in [2.75, 3.05) is 11.9 Å². The van der Waals surface area contributed by atoms with E-state index in [4.69, 9.17) is 16.1 Å². The second-order valence-corrected chi connectivity index (χ2v) is 6.72. The summed E-state index contributed by atoms with van der Waals surface area (Å²) in [6.45, 7) is 4.11. The van der Waals surface area contributed by atoms with Gasteiger partial charge >= 0.3 is 0 Å². The standard InChI is InChI=1S/C17H16ClN5O2/c1-9(2)15-20-17(25-21-15)13-7-19-16-11-5-4-10(18)6-12(11)22(3)14(24)8-23(13)16/h4-7,9H,8H2,1-3H3. The van der Waals surface area contributed by atoms with Gasteiger partial charge in [0.15, 0.2) is 5.82 Å². The zero-order chi connectivity index (χ0) is 17.7. The van der Waals surface area contributed by atoms with E-state index in [0.29, 0.717) is 28.3 Å². The molecule has 25 heavy (non-hydrogen) atoms. The number of carbonyl (C=O) groups is 1. The number of aromatic nitrogens is 4. The Hall–Kier alpha value is -2.67.